The molecular weight excluding hydrogens is 206 g/mol. The van der Waals surface area contributed by atoms with Gasteiger partial charge in [0.25, 0.3) is 0 Å². The Bertz CT molecular complexity index is 333. The van der Waals surface area contributed by atoms with Crippen molar-refractivity contribution in [1.82, 2.24) is 5.32 Å². The first-order chi connectivity index (χ1) is 7.20. The monoisotopic (exact) mass is 223 g/mol. The number of allylic oxidation sites excluding steroid dienone is 1. The summed E-state index contributed by atoms with van der Waals surface area (Å²) in [6, 6.07) is 6.48. The van der Waals surface area contributed by atoms with Gasteiger partial charge in [-0.3, -0.25) is 0 Å². The van der Waals surface area contributed by atoms with Crippen molar-refractivity contribution in [2.75, 3.05) is 7.05 Å². The zero-order valence-electron chi connectivity index (χ0n) is 9.39. The Morgan fingerprint density at radius 3 is 2.87 bits per heavy atom. The highest BCUT2D eigenvalue weighted by Gasteiger charge is 2.12. The second-order valence-corrected chi connectivity index (χ2v) is 4.06. The van der Waals surface area contributed by atoms with E-state index in [0.717, 1.165) is 23.4 Å². The highest BCUT2D eigenvalue weighted by Crippen LogP contribution is 2.28. The maximum absolute atomic E-state index is 6.28. The molecule has 0 aliphatic carbocycles. The van der Waals surface area contributed by atoms with Crippen molar-refractivity contribution in [1.29, 1.82) is 0 Å². The molecule has 0 saturated carbocycles. The van der Waals surface area contributed by atoms with E-state index in [1.807, 2.05) is 26.1 Å². The maximum atomic E-state index is 6.28. The summed E-state index contributed by atoms with van der Waals surface area (Å²) < 4.78 is 0. The Kier molecular flexibility index (Phi) is 4.86. The highest BCUT2D eigenvalue weighted by atomic mass is 35.5. The van der Waals surface area contributed by atoms with Crippen LogP contribution in [-0.4, -0.2) is 7.05 Å². The molecule has 0 saturated heterocycles. The summed E-state index contributed by atoms with van der Waals surface area (Å²) >= 11 is 6.28. The fourth-order valence-electron chi connectivity index (χ4n) is 1.68. The lowest BCUT2D eigenvalue weighted by Gasteiger charge is -2.18. The second kappa shape index (κ2) is 5.94. The molecule has 82 valence electrons. The predicted octanol–water partition coefficient (Wildman–Crippen LogP) is 3.88. The molecule has 0 spiro atoms. The second-order valence-electron chi connectivity index (χ2n) is 3.69. The van der Waals surface area contributed by atoms with Crippen molar-refractivity contribution in [3.05, 3.63) is 47.0 Å². The van der Waals surface area contributed by atoms with E-state index in [1.165, 1.54) is 5.56 Å². The maximum Gasteiger partial charge on any atom is 0.0482 e. The minimum atomic E-state index is 0.315. The lowest BCUT2D eigenvalue weighted by Crippen LogP contribution is -2.16. The smallest absolute Gasteiger partial charge is 0.0482 e. The topological polar surface area (TPSA) is 12.0 Å². The number of hydrogen-bond acceptors (Lipinski definition) is 1. The first-order valence-corrected chi connectivity index (χ1v) is 5.61. The standard InChI is InChI=1S/C13H18ClN/c1-4-5-9-12(15-3)11-8-6-7-10(2)13(11)14/h4,6-8,12,15H,1,5,9H2,2-3H3. The lowest BCUT2D eigenvalue weighted by molar-refractivity contribution is 0.555. The van der Waals surface area contributed by atoms with E-state index in [-0.39, 0.29) is 0 Å². The van der Waals surface area contributed by atoms with Gasteiger partial charge >= 0.3 is 0 Å². The van der Waals surface area contributed by atoms with Gasteiger partial charge in [-0.25, -0.2) is 0 Å². The third-order valence-corrected chi connectivity index (χ3v) is 3.12. The molecule has 0 amide bonds. The molecule has 1 rings (SSSR count). The van der Waals surface area contributed by atoms with E-state index in [2.05, 4.69) is 24.0 Å². The van der Waals surface area contributed by atoms with Gasteiger partial charge in [-0.2, -0.15) is 0 Å². The largest absolute Gasteiger partial charge is 0.313 e. The zero-order chi connectivity index (χ0) is 11.3. The number of nitrogens with one attached hydrogen (secondary N) is 1. The molecule has 2 heteroatoms. The summed E-state index contributed by atoms with van der Waals surface area (Å²) in [5, 5.41) is 4.16. The Morgan fingerprint density at radius 1 is 1.53 bits per heavy atom. The van der Waals surface area contributed by atoms with Crippen molar-refractivity contribution < 1.29 is 0 Å². The molecule has 1 aromatic carbocycles. The normalized spacial score (nSPS) is 12.5. The molecule has 0 aliphatic rings. The van der Waals surface area contributed by atoms with E-state index in [9.17, 15) is 0 Å². The molecule has 1 N–H and O–H groups in total. The van der Waals surface area contributed by atoms with E-state index < -0.39 is 0 Å². The zero-order valence-corrected chi connectivity index (χ0v) is 10.1. The molecule has 0 aromatic heterocycles. The van der Waals surface area contributed by atoms with Gasteiger partial charge in [-0.15, -0.1) is 6.58 Å². The van der Waals surface area contributed by atoms with Crippen LogP contribution in [0.2, 0.25) is 5.02 Å². The average Bonchev–Trinajstić information content (AvgIpc) is 2.25. The molecule has 0 radical (unpaired) electrons. The van der Waals surface area contributed by atoms with Crippen LogP contribution in [-0.2, 0) is 0 Å². The molecule has 1 aromatic rings. The van der Waals surface area contributed by atoms with Crippen LogP contribution in [0.25, 0.3) is 0 Å². The number of benzene rings is 1. The Labute approximate surface area is 97.1 Å². The number of hydrogen-bond donors (Lipinski definition) is 1. The van der Waals surface area contributed by atoms with Crippen LogP contribution in [0.1, 0.15) is 30.0 Å². The number of aryl methyl sites for hydroxylation is 1. The van der Waals surface area contributed by atoms with Crippen molar-refractivity contribution in [2.24, 2.45) is 0 Å². The third-order valence-electron chi connectivity index (χ3n) is 2.61. The van der Waals surface area contributed by atoms with E-state index in [4.69, 9.17) is 11.6 Å². The van der Waals surface area contributed by atoms with Crippen LogP contribution in [0.4, 0.5) is 0 Å². The van der Waals surface area contributed by atoms with Gasteiger partial charge in [0.15, 0.2) is 0 Å². The number of halogens is 1. The summed E-state index contributed by atoms with van der Waals surface area (Å²) in [6.07, 6.45) is 3.97. The molecule has 1 unspecified atom stereocenters. The molecule has 0 aliphatic heterocycles. The van der Waals surface area contributed by atoms with Crippen LogP contribution in [0.5, 0.6) is 0 Å². The molecule has 0 heterocycles. The Morgan fingerprint density at radius 2 is 2.27 bits per heavy atom. The summed E-state index contributed by atoms with van der Waals surface area (Å²) in [7, 11) is 1.96. The van der Waals surface area contributed by atoms with Gasteiger partial charge < -0.3 is 5.32 Å². The first-order valence-electron chi connectivity index (χ1n) is 5.24. The van der Waals surface area contributed by atoms with Gasteiger partial charge in [-0.05, 0) is 37.9 Å². The van der Waals surface area contributed by atoms with E-state index >= 15 is 0 Å². The predicted molar refractivity (Wildman–Crippen MR) is 67.4 cm³/mol. The molecule has 0 bridgehead atoms. The lowest BCUT2D eigenvalue weighted by atomic mass is 10.0. The first kappa shape index (κ1) is 12.3. The van der Waals surface area contributed by atoms with Crippen LogP contribution < -0.4 is 5.32 Å². The fourth-order valence-corrected chi connectivity index (χ4v) is 1.94. The molecular formula is C13H18ClN. The summed E-state index contributed by atoms with van der Waals surface area (Å²) in [6.45, 7) is 5.77. The summed E-state index contributed by atoms with van der Waals surface area (Å²) in [5.41, 5.74) is 2.31. The summed E-state index contributed by atoms with van der Waals surface area (Å²) in [4.78, 5) is 0. The minimum Gasteiger partial charge on any atom is -0.313 e. The van der Waals surface area contributed by atoms with Crippen LogP contribution >= 0.6 is 11.6 Å². The van der Waals surface area contributed by atoms with Crippen molar-refractivity contribution in [3.63, 3.8) is 0 Å². The third kappa shape index (κ3) is 3.08. The quantitative estimate of drug-likeness (QED) is 0.748. The van der Waals surface area contributed by atoms with Crippen LogP contribution in [0.3, 0.4) is 0 Å². The van der Waals surface area contributed by atoms with Gasteiger partial charge in [0, 0.05) is 11.1 Å². The van der Waals surface area contributed by atoms with Crippen molar-refractivity contribution in [3.8, 4) is 0 Å². The highest BCUT2D eigenvalue weighted by molar-refractivity contribution is 6.32. The Hall–Kier alpha value is -0.790. The van der Waals surface area contributed by atoms with Gasteiger partial charge in [0.1, 0.15) is 0 Å². The Balaban J connectivity index is 2.90. The fraction of sp³-hybridized carbons (Fsp3) is 0.385. The molecule has 0 fully saturated rings. The van der Waals surface area contributed by atoms with Crippen molar-refractivity contribution >= 4 is 11.6 Å². The van der Waals surface area contributed by atoms with Crippen LogP contribution in [0, 0.1) is 6.92 Å². The molecule has 1 nitrogen and oxygen atoms in total. The summed E-state index contributed by atoms with van der Waals surface area (Å²) in [5.74, 6) is 0. The SMILES string of the molecule is C=CCCC(NC)c1cccc(C)c1Cl. The van der Waals surface area contributed by atoms with Gasteiger partial charge in [-0.1, -0.05) is 35.9 Å². The van der Waals surface area contributed by atoms with Crippen LogP contribution in [0.15, 0.2) is 30.9 Å². The average molecular weight is 224 g/mol. The molecule has 15 heavy (non-hydrogen) atoms. The number of rotatable bonds is 5. The molecule has 1 atom stereocenters. The van der Waals surface area contributed by atoms with Gasteiger partial charge in [0.2, 0.25) is 0 Å². The van der Waals surface area contributed by atoms with Gasteiger partial charge in [0.05, 0.1) is 0 Å². The van der Waals surface area contributed by atoms with Crippen molar-refractivity contribution in [2.45, 2.75) is 25.8 Å². The minimum absolute atomic E-state index is 0.315. The van der Waals surface area contributed by atoms with E-state index in [1.54, 1.807) is 0 Å². The van der Waals surface area contributed by atoms with E-state index in [0.29, 0.717) is 6.04 Å².